The molecule has 1 heterocycles. The quantitative estimate of drug-likeness (QED) is 0.540. The summed E-state index contributed by atoms with van der Waals surface area (Å²) < 4.78 is 0. The van der Waals surface area contributed by atoms with Crippen LogP contribution in [0.5, 0.6) is 0 Å². The molecule has 0 radical (unpaired) electrons. The van der Waals surface area contributed by atoms with Crippen LogP contribution in [0.15, 0.2) is 0 Å². The molecule has 1 saturated heterocycles. The highest BCUT2D eigenvalue weighted by Crippen LogP contribution is 2.11. The first-order chi connectivity index (χ1) is 8.40. The zero-order valence-electron chi connectivity index (χ0n) is 9.66. The fourth-order valence-corrected chi connectivity index (χ4v) is 1.71. The number of imide groups is 1. The number of amides is 2. The van der Waals surface area contributed by atoms with Crippen LogP contribution >= 0.6 is 0 Å². The third-order valence-corrected chi connectivity index (χ3v) is 2.51. The normalized spacial score (nSPS) is 15.5. The molecule has 0 aromatic carbocycles. The van der Waals surface area contributed by atoms with Gasteiger partial charge in [0, 0.05) is 25.9 Å². The molecule has 0 aliphatic carbocycles. The van der Waals surface area contributed by atoms with Crippen LogP contribution in [0.25, 0.3) is 0 Å². The average Bonchev–Trinajstić information content (AvgIpc) is 2.54. The fraction of sp³-hybridized carbons (Fsp3) is 0.600. The van der Waals surface area contributed by atoms with Crippen LogP contribution in [-0.4, -0.2) is 69.9 Å². The van der Waals surface area contributed by atoms with Gasteiger partial charge < -0.3 is 10.2 Å². The van der Waals surface area contributed by atoms with E-state index in [0.717, 1.165) is 9.80 Å². The van der Waals surface area contributed by atoms with Crippen molar-refractivity contribution in [3.63, 3.8) is 0 Å². The van der Waals surface area contributed by atoms with E-state index in [4.69, 9.17) is 10.2 Å². The zero-order chi connectivity index (χ0) is 13.7. The van der Waals surface area contributed by atoms with Gasteiger partial charge in [-0.2, -0.15) is 0 Å². The van der Waals surface area contributed by atoms with Gasteiger partial charge in [-0.3, -0.25) is 29.0 Å². The molecule has 2 N–H and O–H groups in total. The van der Waals surface area contributed by atoms with Crippen molar-refractivity contribution in [2.75, 3.05) is 26.2 Å². The van der Waals surface area contributed by atoms with Gasteiger partial charge in [-0.25, -0.2) is 0 Å². The minimum Gasteiger partial charge on any atom is -0.480 e. The molecule has 100 valence electrons. The minimum absolute atomic E-state index is 0.0260. The Kier molecular flexibility index (Phi) is 4.78. The maximum atomic E-state index is 11.3. The Hall–Kier alpha value is -1.96. The average molecular weight is 258 g/mol. The number of rotatable bonds is 7. The van der Waals surface area contributed by atoms with Gasteiger partial charge in [-0.05, 0) is 0 Å². The van der Waals surface area contributed by atoms with Crippen LogP contribution in [0.4, 0.5) is 0 Å². The summed E-state index contributed by atoms with van der Waals surface area (Å²) in [5.41, 5.74) is 0. The smallest absolute Gasteiger partial charge is 0.317 e. The van der Waals surface area contributed by atoms with Crippen LogP contribution in [0.2, 0.25) is 0 Å². The summed E-state index contributed by atoms with van der Waals surface area (Å²) in [6.07, 6.45) is 0.327. The predicted octanol–water partition coefficient (Wildman–Crippen LogP) is -1.39. The first-order valence-electron chi connectivity index (χ1n) is 5.39. The van der Waals surface area contributed by atoms with Gasteiger partial charge in [-0.15, -0.1) is 0 Å². The van der Waals surface area contributed by atoms with E-state index in [0.29, 0.717) is 0 Å². The van der Waals surface area contributed by atoms with E-state index in [1.54, 1.807) is 0 Å². The standard InChI is InChI=1S/C10H14N2O6/c13-7-1-2-8(14)12(7)4-3-11(5-9(15)16)6-10(17)18/h1-6H2,(H,15,16)(H,17,18). The lowest BCUT2D eigenvalue weighted by atomic mass is 10.4. The van der Waals surface area contributed by atoms with Crippen LogP contribution in [0.1, 0.15) is 12.8 Å². The summed E-state index contributed by atoms with van der Waals surface area (Å²) in [6, 6.07) is 0. The van der Waals surface area contributed by atoms with E-state index < -0.39 is 25.0 Å². The van der Waals surface area contributed by atoms with Crippen molar-refractivity contribution in [1.29, 1.82) is 0 Å². The van der Waals surface area contributed by atoms with Crippen molar-refractivity contribution in [3.05, 3.63) is 0 Å². The van der Waals surface area contributed by atoms with Crippen molar-refractivity contribution in [2.45, 2.75) is 12.8 Å². The molecule has 18 heavy (non-hydrogen) atoms. The second-order valence-corrected chi connectivity index (χ2v) is 3.94. The van der Waals surface area contributed by atoms with Gasteiger partial charge in [-0.1, -0.05) is 0 Å². The number of carboxylic acid groups (broad SMARTS) is 2. The minimum atomic E-state index is -1.16. The summed E-state index contributed by atoms with van der Waals surface area (Å²) >= 11 is 0. The summed E-state index contributed by atoms with van der Waals surface area (Å²) in [4.78, 5) is 45.9. The fourth-order valence-electron chi connectivity index (χ4n) is 1.71. The van der Waals surface area contributed by atoms with Crippen LogP contribution in [-0.2, 0) is 19.2 Å². The molecule has 0 unspecified atom stereocenters. The Morgan fingerprint density at radius 1 is 1.06 bits per heavy atom. The number of carbonyl (C=O) groups is 4. The highest BCUT2D eigenvalue weighted by Gasteiger charge is 2.29. The molecule has 0 spiro atoms. The van der Waals surface area contributed by atoms with Crippen molar-refractivity contribution in [3.8, 4) is 0 Å². The second kappa shape index (κ2) is 6.10. The van der Waals surface area contributed by atoms with E-state index in [2.05, 4.69) is 0 Å². The monoisotopic (exact) mass is 258 g/mol. The van der Waals surface area contributed by atoms with E-state index >= 15 is 0 Å². The van der Waals surface area contributed by atoms with E-state index in [-0.39, 0.29) is 37.7 Å². The lowest BCUT2D eigenvalue weighted by Crippen LogP contribution is -2.41. The Labute approximate surface area is 103 Å². The maximum Gasteiger partial charge on any atom is 0.317 e. The Bertz CT molecular complexity index is 349. The molecule has 8 heteroatoms. The van der Waals surface area contributed by atoms with Gasteiger partial charge >= 0.3 is 11.9 Å². The van der Waals surface area contributed by atoms with Crippen LogP contribution in [0, 0.1) is 0 Å². The first-order valence-corrected chi connectivity index (χ1v) is 5.39. The van der Waals surface area contributed by atoms with Crippen molar-refractivity contribution >= 4 is 23.8 Å². The molecular formula is C10H14N2O6. The molecule has 0 aromatic rings. The summed E-state index contributed by atoms with van der Waals surface area (Å²) in [7, 11) is 0. The SMILES string of the molecule is O=C(O)CN(CCN1C(=O)CCC1=O)CC(=O)O. The lowest BCUT2D eigenvalue weighted by molar-refractivity contribution is -0.141. The number of nitrogens with zero attached hydrogens (tertiary/aromatic N) is 2. The molecule has 0 aromatic heterocycles. The number of carbonyl (C=O) groups excluding carboxylic acids is 2. The van der Waals surface area contributed by atoms with Gasteiger partial charge in [0.15, 0.2) is 0 Å². The molecule has 1 aliphatic heterocycles. The highest BCUT2D eigenvalue weighted by atomic mass is 16.4. The largest absolute Gasteiger partial charge is 0.480 e. The molecule has 0 bridgehead atoms. The molecule has 1 aliphatic rings. The van der Waals surface area contributed by atoms with Gasteiger partial charge in [0.05, 0.1) is 13.1 Å². The molecule has 1 fully saturated rings. The summed E-state index contributed by atoms with van der Waals surface area (Å²) in [5.74, 6) is -2.91. The molecule has 0 atom stereocenters. The molecule has 8 nitrogen and oxygen atoms in total. The van der Waals surface area contributed by atoms with Gasteiger partial charge in [0.2, 0.25) is 11.8 Å². The Morgan fingerprint density at radius 3 is 1.89 bits per heavy atom. The van der Waals surface area contributed by atoms with Crippen LogP contribution in [0.3, 0.4) is 0 Å². The van der Waals surface area contributed by atoms with Gasteiger partial charge in [0.25, 0.3) is 0 Å². The van der Waals surface area contributed by atoms with E-state index in [1.165, 1.54) is 0 Å². The molecule has 1 rings (SSSR count). The first kappa shape index (κ1) is 14.1. The van der Waals surface area contributed by atoms with Crippen LogP contribution < -0.4 is 0 Å². The summed E-state index contributed by atoms with van der Waals surface area (Å²) in [5, 5.41) is 17.2. The van der Waals surface area contributed by atoms with Crippen molar-refractivity contribution in [2.24, 2.45) is 0 Å². The Morgan fingerprint density at radius 2 is 1.50 bits per heavy atom. The topological polar surface area (TPSA) is 115 Å². The molecule has 0 saturated carbocycles. The lowest BCUT2D eigenvalue weighted by Gasteiger charge is -2.21. The van der Waals surface area contributed by atoms with Crippen molar-refractivity contribution in [1.82, 2.24) is 9.80 Å². The highest BCUT2D eigenvalue weighted by molar-refractivity contribution is 6.01. The second-order valence-electron chi connectivity index (χ2n) is 3.94. The number of hydrogen-bond donors (Lipinski definition) is 2. The van der Waals surface area contributed by atoms with E-state index in [9.17, 15) is 19.2 Å². The van der Waals surface area contributed by atoms with E-state index in [1.807, 2.05) is 0 Å². The maximum absolute atomic E-state index is 11.3. The molecular weight excluding hydrogens is 244 g/mol. The number of carboxylic acids is 2. The number of aliphatic carboxylic acids is 2. The number of hydrogen-bond acceptors (Lipinski definition) is 5. The van der Waals surface area contributed by atoms with Gasteiger partial charge in [0.1, 0.15) is 0 Å². The summed E-state index contributed by atoms with van der Waals surface area (Å²) in [6.45, 7) is -0.820. The Balaban J connectivity index is 2.50. The van der Waals surface area contributed by atoms with Crippen molar-refractivity contribution < 1.29 is 29.4 Å². The third kappa shape index (κ3) is 4.13. The zero-order valence-corrected chi connectivity index (χ0v) is 9.66. The molecule has 2 amide bonds. The third-order valence-electron chi connectivity index (χ3n) is 2.51. The predicted molar refractivity (Wildman–Crippen MR) is 57.7 cm³/mol. The number of likely N-dealkylation sites (tertiary alicyclic amines) is 1.